The molecular formula is C59H70N18O2. The molecule has 0 fully saturated rings. The Morgan fingerprint density at radius 2 is 0.911 bits per heavy atom. The van der Waals surface area contributed by atoms with Crippen LogP contribution < -0.4 is 11.2 Å². The zero-order valence-electron chi connectivity index (χ0n) is 46.7. The van der Waals surface area contributed by atoms with Crippen molar-refractivity contribution in [3.05, 3.63) is 299 Å². The Hall–Kier alpha value is -10.2. The van der Waals surface area contributed by atoms with Gasteiger partial charge >= 0.3 is 5.69 Å². The molecule has 0 atom stereocenters. The molecule has 0 unspecified atom stereocenters. The predicted molar refractivity (Wildman–Crippen MR) is 309 cm³/mol. The molecule has 0 aromatic carbocycles. The second kappa shape index (κ2) is 45.2. The van der Waals surface area contributed by atoms with Gasteiger partial charge in [0.25, 0.3) is 0 Å². The van der Waals surface area contributed by atoms with E-state index in [9.17, 15) is 9.59 Å². The van der Waals surface area contributed by atoms with E-state index in [1.165, 1.54) is 45.2 Å². The summed E-state index contributed by atoms with van der Waals surface area (Å²) < 4.78 is 2.94. The van der Waals surface area contributed by atoms with Gasteiger partial charge in [-0.05, 0) is 157 Å². The molecular weight excluding hydrogens is 993 g/mol. The molecule has 0 spiro atoms. The van der Waals surface area contributed by atoms with E-state index in [0.29, 0.717) is 0 Å². The van der Waals surface area contributed by atoms with Gasteiger partial charge in [-0.2, -0.15) is 20.4 Å². The van der Waals surface area contributed by atoms with Crippen molar-refractivity contribution in [3.8, 4) is 0 Å². The van der Waals surface area contributed by atoms with Crippen LogP contribution in [0.3, 0.4) is 0 Å². The first-order valence-corrected chi connectivity index (χ1v) is 24.2. The third-order valence-electron chi connectivity index (χ3n) is 8.60. The molecule has 79 heavy (non-hydrogen) atoms. The van der Waals surface area contributed by atoms with Crippen molar-refractivity contribution in [2.24, 2.45) is 14.1 Å². The Labute approximate surface area is 463 Å². The van der Waals surface area contributed by atoms with Crippen molar-refractivity contribution in [2.75, 3.05) is 0 Å². The third-order valence-corrected chi connectivity index (χ3v) is 8.60. The van der Waals surface area contributed by atoms with E-state index in [1.54, 1.807) is 138 Å². The maximum Gasteiger partial charge on any atom is 0.347 e. The van der Waals surface area contributed by atoms with Gasteiger partial charge in [0.05, 0.1) is 17.6 Å². The van der Waals surface area contributed by atoms with E-state index in [-0.39, 0.29) is 11.2 Å². The number of nitrogens with zero attached hydrogens (tertiary/aromatic N) is 18. The number of hydrogen-bond acceptors (Lipinski definition) is 18. The largest absolute Gasteiger partial charge is 0.347 e. The molecule has 0 aliphatic rings. The summed E-state index contributed by atoms with van der Waals surface area (Å²) in [6.45, 7) is 17.6. The minimum Gasteiger partial charge on any atom is -0.319 e. The topological polar surface area (TPSA) is 250 Å². The van der Waals surface area contributed by atoms with E-state index >= 15 is 0 Å². The Morgan fingerprint density at radius 3 is 1.22 bits per heavy atom. The smallest absolute Gasteiger partial charge is 0.319 e. The lowest BCUT2D eigenvalue weighted by atomic mass is 10.3. The number of hydrogen-bond donors (Lipinski definition) is 0. The highest BCUT2D eigenvalue weighted by atomic mass is 16.1. The fourth-order valence-corrected chi connectivity index (χ4v) is 4.47. The summed E-state index contributed by atoms with van der Waals surface area (Å²) in [5, 5.41) is 14.6. The van der Waals surface area contributed by atoms with Crippen LogP contribution in [0.25, 0.3) is 0 Å². The molecule has 408 valence electrons. The van der Waals surface area contributed by atoms with Crippen LogP contribution in [0.5, 0.6) is 0 Å². The Balaban J connectivity index is 0.000000435. The fourth-order valence-electron chi connectivity index (χ4n) is 4.47. The highest BCUT2D eigenvalue weighted by molar-refractivity contribution is 5.06. The minimum atomic E-state index is -0.215. The van der Waals surface area contributed by atoms with E-state index in [2.05, 4.69) is 80.2 Å². The van der Waals surface area contributed by atoms with Gasteiger partial charge in [0.15, 0.2) is 0 Å². The van der Waals surface area contributed by atoms with Gasteiger partial charge in [-0.3, -0.25) is 29.7 Å². The van der Waals surface area contributed by atoms with E-state index in [0.717, 1.165) is 39.7 Å². The van der Waals surface area contributed by atoms with Gasteiger partial charge in [-0.25, -0.2) is 39.7 Å². The average Bonchev–Trinajstić information content (AvgIpc) is 3.46. The number of aryl methyl sites for hydroxylation is 11. The molecule has 0 bridgehead atoms. The maximum absolute atomic E-state index is 10.6. The van der Waals surface area contributed by atoms with Crippen molar-refractivity contribution < 1.29 is 0 Å². The molecule has 0 aliphatic carbocycles. The molecule has 11 aromatic rings. The van der Waals surface area contributed by atoms with Gasteiger partial charge in [-0.15, -0.1) is 0 Å². The van der Waals surface area contributed by atoms with Crippen LogP contribution in [0.2, 0.25) is 0 Å². The average molecular weight is 1060 g/mol. The summed E-state index contributed by atoms with van der Waals surface area (Å²) in [6.07, 6.45) is 35.7. The molecule has 20 nitrogen and oxygen atoms in total. The first kappa shape index (κ1) is 66.8. The van der Waals surface area contributed by atoms with Gasteiger partial charge in [0.2, 0.25) is 5.56 Å². The monoisotopic (exact) mass is 1060 g/mol. The number of rotatable bonds is 0. The van der Waals surface area contributed by atoms with Crippen LogP contribution in [0.4, 0.5) is 0 Å². The van der Waals surface area contributed by atoms with Gasteiger partial charge in [0.1, 0.15) is 18.5 Å². The lowest BCUT2D eigenvalue weighted by Gasteiger charge is -1.89. The van der Waals surface area contributed by atoms with Gasteiger partial charge in [0, 0.05) is 143 Å². The van der Waals surface area contributed by atoms with Crippen LogP contribution >= 0.6 is 0 Å². The molecule has 0 aliphatic heterocycles. The SMILES string of the molecule is Cc1ccccn1.Cc1cccnc1.Cc1cccnn1.Cc1ccncc1.Cc1ccncn1.Cc1ccnnc1.Cc1cnccn1.Cc1cncnc1.Cc1ncccn1.Cn1ccccc1=O.Cn1cccnc1=O. The molecule has 0 saturated heterocycles. The van der Waals surface area contributed by atoms with Crippen molar-refractivity contribution in [3.63, 3.8) is 0 Å². The maximum atomic E-state index is 10.6. The summed E-state index contributed by atoms with van der Waals surface area (Å²) in [4.78, 5) is 66.9. The van der Waals surface area contributed by atoms with Gasteiger partial charge in [-0.1, -0.05) is 18.2 Å². The second-order valence-corrected chi connectivity index (χ2v) is 15.9. The van der Waals surface area contributed by atoms with Crippen molar-refractivity contribution >= 4 is 0 Å². The van der Waals surface area contributed by atoms with Crippen LogP contribution in [0.1, 0.15) is 50.9 Å². The second-order valence-electron chi connectivity index (χ2n) is 15.9. The van der Waals surface area contributed by atoms with Crippen LogP contribution in [-0.2, 0) is 14.1 Å². The van der Waals surface area contributed by atoms with Crippen LogP contribution in [0.15, 0.2) is 237 Å². The zero-order valence-corrected chi connectivity index (χ0v) is 46.7. The first-order valence-electron chi connectivity index (χ1n) is 24.2. The zero-order chi connectivity index (χ0) is 58.0. The van der Waals surface area contributed by atoms with Crippen molar-refractivity contribution in [1.29, 1.82) is 0 Å². The first-order chi connectivity index (χ1) is 38.2. The van der Waals surface area contributed by atoms with Crippen molar-refractivity contribution in [2.45, 2.75) is 62.3 Å². The lowest BCUT2D eigenvalue weighted by molar-refractivity contribution is 0.810. The van der Waals surface area contributed by atoms with E-state index < -0.39 is 0 Å². The predicted octanol–water partition coefficient (Wildman–Crippen LogP) is 9.05. The standard InChI is InChI=1S/C6H7NO.3C6H7N.C5H6N2O.6C5H6N2/c1-7-5-3-2-4-6(7)8;1-6-2-4-7-5-3-6;1-6-3-2-4-7-5-6;1-6-4-2-3-5-7-6;1-7-4-2-3-6-5(7)8;1-5-2-6-4-7-3-5;1-5-4-6-2-3-7-5;1-5-2-3-6-4-7-5;1-5-2-3-6-7-4-5;1-5-6-3-2-4-7-5;1-5-3-2-4-6-7-5/h2-5H,1H3;3*2-5H,1H3;2-4H,1H3;6*2-4H,1H3. The summed E-state index contributed by atoms with van der Waals surface area (Å²) in [6, 6.07) is 29.9. The molecule has 0 amide bonds. The molecule has 20 heteroatoms. The summed E-state index contributed by atoms with van der Waals surface area (Å²) in [5.41, 5.74) is 8.54. The number of aromatic nitrogens is 18. The van der Waals surface area contributed by atoms with E-state index in [1.807, 2.05) is 141 Å². The van der Waals surface area contributed by atoms with Crippen LogP contribution in [0, 0.1) is 62.3 Å². The van der Waals surface area contributed by atoms with Crippen LogP contribution in [-0.4, -0.2) is 89.3 Å². The van der Waals surface area contributed by atoms with Crippen molar-refractivity contribution in [1.82, 2.24) is 89.3 Å². The summed E-state index contributed by atoms with van der Waals surface area (Å²) in [5.74, 6) is 0.822. The van der Waals surface area contributed by atoms with E-state index in [4.69, 9.17) is 0 Å². The molecule has 0 radical (unpaired) electrons. The summed E-state index contributed by atoms with van der Waals surface area (Å²) >= 11 is 0. The van der Waals surface area contributed by atoms with Gasteiger partial charge < -0.3 is 9.13 Å². The third kappa shape index (κ3) is 41.8. The fraction of sp³-hybridized carbons (Fsp3) is 0.186. The normalized spacial score (nSPS) is 8.80. The highest BCUT2D eigenvalue weighted by Gasteiger charge is 1.83. The number of pyridine rings is 4. The molecule has 11 aromatic heterocycles. The highest BCUT2D eigenvalue weighted by Crippen LogP contribution is 1.91. The Kier molecular flexibility index (Phi) is 38.2. The molecule has 11 rings (SSSR count). The minimum absolute atomic E-state index is 0.0347. The molecule has 0 N–H and O–H groups in total. The molecule has 11 heterocycles. The Bertz CT molecular complexity index is 2610. The Morgan fingerprint density at radius 1 is 0.316 bits per heavy atom. The summed E-state index contributed by atoms with van der Waals surface area (Å²) in [7, 11) is 3.39. The quantitative estimate of drug-likeness (QED) is 0.137. The molecule has 0 saturated carbocycles. The lowest BCUT2D eigenvalue weighted by Crippen LogP contribution is -2.17.